The molecule has 0 radical (unpaired) electrons. The first-order chi connectivity index (χ1) is 8.70. The standard InChI is InChI=1S/C11H17N7/c1-3-4-6-17(2)10-14-9(12)15-11(16-10)18-7-5-13-8-18/h5,7-8H,3-4,6H2,1-2H3,(H2,12,14,15,16). The molecule has 0 bridgehead atoms. The fraction of sp³-hybridized carbons (Fsp3) is 0.455. The van der Waals surface area contributed by atoms with Gasteiger partial charge in [0.25, 0.3) is 0 Å². The highest BCUT2D eigenvalue weighted by atomic mass is 15.3. The third-order valence-electron chi connectivity index (χ3n) is 2.55. The molecule has 0 saturated carbocycles. The molecule has 96 valence electrons. The molecule has 0 aliphatic rings. The minimum atomic E-state index is 0.215. The summed E-state index contributed by atoms with van der Waals surface area (Å²) >= 11 is 0. The van der Waals surface area contributed by atoms with Crippen LogP contribution in [0.1, 0.15) is 19.8 Å². The Morgan fingerprint density at radius 2 is 2.17 bits per heavy atom. The predicted molar refractivity (Wildman–Crippen MR) is 69.5 cm³/mol. The Morgan fingerprint density at radius 1 is 1.33 bits per heavy atom. The summed E-state index contributed by atoms with van der Waals surface area (Å²) in [7, 11) is 1.95. The molecular weight excluding hydrogens is 230 g/mol. The predicted octanol–water partition coefficient (Wildman–Crippen LogP) is 0.876. The highest BCUT2D eigenvalue weighted by Gasteiger charge is 2.09. The van der Waals surface area contributed by atoms with Crippen molar-refractivity contribution in [3.8, 4) is 5.95 Å². The summed E-state index contributed by atoms with van der Waals surface area (Å²) in [5.74, 6) is 1.28. The van der Waals surface area contributed by atoms with E-state index in [2.05, 4.69) is 26.9 Å². The first kappa shape index (κ1) is 12.3. The highest BCUT2D eigenvalue weighted by Crippen LogP contribution is 2.10. The molecule has 0 amide bonds. The van der Waals surface area contributed by atoms with Crippen LogP contribution in [-0.2, 0) is 0 Å². The van der Waals surface area contributed by atoms with Gasteiger partial charge in [-0.05, 0) is 6.42 Å². The maximum Gasteiger partial charge on any atom is 0.241 e. The number of nitrogen functional groups attached to an aromatic ring is 1. The van der Waals surface area contributed by atoms with Crippen LogP contribution < -0.4 is 10.6 Å². The molecule has 0 aliphatic heterocycles. The average Bonchev–Trinajstić information content (AvgIpc) is 2.89. The normalized spacial score (nSPS) is 10.6. The molecule has 2 aromatic heterocycles. The number of rotatable bonds is 5. The summed E-state index contributed by atoms with van der Waals surface area (Å²) in [5.41, 5.74) is 5.71. The van der Waals surface area contributed by atoms with Crippen LogP contribution in [0.25, 0.3) is 5.95 Å². The largest absolute Gasteiger partial charge is 0.368 e. The van der Waals surface area contributed by atoms with E-state index in [-0.39, 0.29) is 5.95 Å². The quantitative estimate of drug-likeness (QED) is 0.844. The van der Waals surface area contributed by atoms with Gasteiger partial charge >= 0.3 is 0 Å². The lowest BCUT2D eigenvalue weighted by Crippen LogP contribution is -2.22. The Kier molecular flexibility index (Phi) is 3.71. The van der Waals surface area contributed by atoms with Gasteiger partial charge in [0.2, 0.25) is 17.8 Å². The molecule has 0 aromatic carbocycles. The van der Waals surface area contributed by atoms with Gasteiger partial charge in [-0.15, -0.1) is 0 Å². The van der Waals surface area contributed by atoms with Crippen LogP contribution in [0.5, 0.6) is 0 Å². The Hall–Kier alpha value is -2.18. The number of nitrogens with two attached hydrogens (primary N) is 1. The fourth-order valence-corrected chi connectivity index (χ4v) is 1.53. The van der Waals surface area contributed by atoms with Gasteiger partial charge in [-0.2, -0.15) is 15.0 Å². The second-order valence-corrected chi connectivity index (χ2v) is 4.04. The molecule has 7 heteroatoms. The monoisotopic (exact) mass is 247 g/mol. The van der Waals surface area contributed by atoms with Crippen molar-refractivity contribution >= 4 is 11.9 Å². The zero-order valence-corrected chi connectivity index (χ0v) is 10.6. The smallest absolute Gasteiger partial charge is 0.241 e. The topological polar surface area (TPSA) is 85.8 Å². The SMILES string of the molecule is CCCCN(C)c1nc(N)nc(-n2ccnc2)n1. The molecule has 7 nitrogen and oxygen atoms in total. The van der Waals surface area contributed by atoms with E-state index in [1.807, 2.05) is 11.9 Å². The van der Waals surface area contributed by atoms with Crippen LogP contribution in [-0.4, -0.2) is 38.1 Å². The number of nitrogens with zero attached hydrogens (tertiary/aromatic N) is 6. The van der Waals surface area contributed by atoms with Gasteiger partial charge in [0.05, 0.1) is 0 Å². The molecule has 2 rings (SSSR count). The van der Waals surface area contributed by atoms with Crippen molar-refractivity contribution in [1.82, 2.24) is 24.5 Å². The van der Waals surface area contributed by atoms with E-state index >= 15 is 0 Å². The van der Waals surface area contributed by atoms with Crippen molar-refractivity contribution in [3.05, 3.63) is 18.7 Å². The van der Waals surface area contributed by atoms with Gasteiger partial charge in [0.1, 0.15) is 6.33 Å². The Balaban J connectivity index is 2.26. The van der Waals surface area contributed by atoms with Crippen molar-refractivity contribution < 1.29 is 0 Å². The van der Waals surface area contributed by atoms with Gasteiger partial charge < -0.3 is 10.6 Å². The molecule has 2 aromatic rings. The van der Waals surface area contributed by atoms with Crippen LogP contribution in [0.15, 0.2) is 18.7 Å². The van der Waals surface area contributed by atoms with Crippen LogP contribution in [0, 0.1) is 0 Å². The number of hydrogen-bond acceptors (Lipinski definition) is 6. The molecular formula is C11H17N7. The zero-order chi connectivity index (χ0) is 13.0. The van der Waals surface area contributed by atoms with E-state index in [0.29, 0.717) is 11.9 Å². The summed E-state index contributed by atoms with van der Waals surface area (Å²) in [4.78, 5) is 18.5. The summed E-state index contributed by atoms with van der Waals surface area (Å²) in [6.07, 6.45) is 7.28. The van der Waals surface area contributed by atoms with Gasteiger partial charge in [-0.1, -0.05) is 13.3 Å². The molecule has 0 fully saturated rings. The molecule has 2 heterocycles. The molecule has 0 atom stereocenters. The Labute approximate surface area is 106 Å². The Bertz CT molecular complexity index is 494. The maximum atomic E-state index is 5.71. The third-order valence-corrected chi connectivity index (χ3v) is 2.55. The van der Waals surface area contributed by atoms with Crippen molar-refractivity contribution in [2.75, 3.05) is 24.2 Å². The molecule has 2 N–H and O–H groups in total. The fourth-order valence-electron chi connectivity index (χ4n) is 1.53. The second kappa shape index (κ2) is 5.44. The number of aromatic nitrogens is 5. The first-order valence-corrected chi connectivity index (χ1v) is 5.91. The van der Waals surface area contributed by atoms with Gasteiger partial charge in [-0.25, -0.2) is 4.98 Å². The minimum absolute atomic E-state index is 0.215. The van der Waals surface area contributed by atoms with Crippen LogP contribution in [0.2, 0.25) is 0 Å². The van der Waals surface area contributed by atoms with Crippen molar-refractivity contribution in [2.24, 2.45) is 0 Å². The molecule has 0 spiro atoms. The maximum absolute atomic E-state index is 5.71. The summed E-state index contributed by atoms with van der Waals surface area (Å²) in [6.45, 7) is 3.04. The third kappa shape index (κ3) is 2.73. The molecule has 0 saturated heterocycles. The average molecular weight is 247 g/mol. The number of unbranched alkanes of at least 4 members (excludes halogenated alkanes) is 1. The lowest BCUT2D eigenvalue weighted by molar-refractivity contribution is 0.743. The Morgan fingerprint density at radius 3 is 2.83 bits per heavy atom. The zero-order valence-electron chi connectivity index (χ0n) is 10.6. The molecule has 0 aliphatic carbocycles. The van der Waals surface area contributed by atoms with E-state index in [1.165, 1.54) is 0 Å². The highest BCUT2D eigenvalue weighted by molar-refractivity contribution is 5.36. The summed E-state index contributed by atoms with van der Waals surface area (Å²) in [5, 5.41) is 0. The van der Waals surface area contributed by atoms with Crippen LogP contribution in [0.4, 0.5) is 11.9 Å². The van der Waals surface area contributed by atoms with E-state index in [1.54, 1.807) is 23.3 Å². The number of anilines is 2. The van der Waals surface area contributed by atoms with Gasteiger partial charge in [-0.3, -0.25) is 4.57 Å². The lowest BCUT2D eigenvalue weighted by atomic mass is 10.3. The molecule has 0 unspecified atom stereocenters. The second-order valence-electron chi connectivity index (χ2n) is 4.04. The van der Waals surface area contributed by atoms with E-state index in [4.69, 9.17) is 5.73 Å². The van der Waals surface area contributed by atoms with E-state index < -0.39 is 0 Å². The van der Waals surface area contributed by atoms with Crippen molar-refractivity contribution in [2.45, 2.75) is 19.8 Å². The first-order valence-electron chi connectivity index (χ1n) is 5.91. The van der Waals surface area contributed by atoms with Gasteiger partial charge in [0, 0.05) is 26.0 Å². The number of imidazole rings is 1. The van der Waals surface area contributed by atoms with E-state index in [0.717, 1.165) is 19.4 Å². The lowest BCUT2D eigenvalue weighted by Gasteiger charge is -2.17. The number of hydrogen-bond donors (Lipinski definition) is 1. The minimum Gasteiger partial charge on any atom is -0.368 e. The van der Waals surface area contributed by atoms with E-state index in [9.17, 15) is 0 Å². The van der Waals surface area contributed by atoms with Crippen LogP contribution in [0.3, 0.4) is 0 Å². The van der Waals surface area contributed by atoms with Crippen molar-refractivity contribution in [1.29, 1.82) is 0 Å². The van der Waals surface area contributed by atoms with Crippen LogP contribution >= 0.6 is 0 Å². The van der Waals surface area contributed by atoms with Gasteiger partial charge in [0.15, 0.2) is 0 Å². The summed E-state index contributed by atoms with van der Waals surface area (Å²) in [6, 6.07) is 0. The van der Waals surface area contributed by atoms with Crippen molar-refractivity contribution in [3.63, 3.8) is 0 Å². The summed E-state index contributed by atoms with van der Waals surface area (Å²) < 4.78 is 1.70. The molecule has 18 heavy (non-hydrogen) atoms.